The Bertz CT molecular complexity index is 1350. The van der Waals surface area contributed by atoms with Crippen molar-refractivity contribution in [2.75, 3.05) is 13.7 Å². The first-order valence-electron chi connectivity index (χ1n) is 15.8. The minimum atomic E-state index is -0.697. The van der Waals surface area contributed by atoms with Gasteiger partial charge in [-0.1, -0.05) is 91.0 Å². The third-order valence-electron chi connectivity index (χ3n) is 8.34. The molecule has 3 aliphatic heterocycles. The number of hydrogen-bond acceptors (Lipinski definition) is 8. The fourth-order valence-electron chi connectivity index (χ4n) is 6.16. The van der Waals surface area contributed by atoms with Crippen LogP contribution >= 0.6 is 0 Å². The minimum Gasteiger partial charge on any atom is -0.490 e. The number of methoxy groups -OCH3 is 1. The van der Waals surface area contributed by atoms with Crippen molar-refractivity contribution in [1.82, 2.24) is 0 Å². The predicted molar refractivity (Wildman–Crippen MR) is 168 cm³/mol. The molecule has 240 valence electrons. The maximum atomic E-state index is 6.64. The van der Waals surface area contributed by atoms with Crippen LogP contribution in [0.1, 0.15) is 43.4 Å². The molecule has 2 fully saturated rings. The summed E-state index contributed by atoms with van der Waals surface area (Å²) in [5.74, 6) is 0.121. The molecule has 6 rings (SSSR count). The lowest BCUT2D eigenvalue weighted by Crippen LogP contribution is -2.47. The van der Waals surface area contributed by atoms with Crippen LogP contribution < -0.4 is 0 Å². The van der Waals surface area contributed by atoms with Gasteiger partial charge in [0.2, 0.25) is 0 Å². The molecule has 7 atom stereocenters. The highest BCUT2D eigenvalue weighted by atomic mass is 16.8. The summed E-state index contributed by atoms with van der Waals surface area (Å²) in [6, 6.07) is 30.5. The summed E-state index contributed by atoms with van der Waals surface area (Å²) in [6.07, 6.45) is 1.08. The quantitative estimate of drug-likeness (QED) is 0.208. The van der Waals surface area contributed by atoms with Crippen molar-refractivity contribution in [2.24, 2.45) is 0 Å². The summed E-state index contributed by atoms with van der Waals surface area (Å²) in [7, 11) is 1.69. The van der Waals surface area contributed by atoms with E-state index in [9.17, 15) is 0 Å². The Balaban J connectivity index is 1.18. The number of fused-ring (bicyclic) bond motifs is 1. The number of benzene rings is 3. The van der Waals surface area contributed by atoms with Gasteiger partial charge in [0, 0.05) is 13.5 Å². The topological polar surface area (TPSA) is 73.8 Å². The van der Waals surface area contributed by atoms with Crippen LogP contribution in [0.4, 0.5) is 0 Å². The second kappa shape index (κ2) is 15.0. The van der Waals surface area contributed by atoms with E-state index in [1.54, 1.807) is 7.11 Å². The molecule has 0 N–H and O–H groups in total. The van der Waals surface area contributed by atoms with E-state index in [-0.39, 0.29) is 36.6 Å². The highest BCUT2D eigenvalue weighted by Gasteiger charge is 2.55. The van der Waals surface area contributed by atoms with Crippen molar-refractivity contribution in [2.45, 2.75) is 95.2 Å². The van der Waals surface area contributed by atoms with Gasteiger partial charge in [-0.3, -0.25) is 0 Å². The van der Waals surface area contributed by atoms with Crippen LogP contribution in [0.25, 0.3) is 0 Å². The van der Waals surface area contributed by atoms with E-state index >= 15 is 0 Å². The van der Waals surface area contributed by atoms with Crippen molar-refractivity contribution in [3.05, 3.63) is 120 Å². The minimum absolute atomic E-state index is 0.200. The van der Waals surface area contributed by atoms with E-state index in [4.69, 9.17) is 37.9 Å². The summed E-state index contributed by atoms with van der Waals surface area (Å²) in [6.45, 7) is 5.49. The molecule has 0 saturated carbocycles. The first-order valence-corrected chi connectivity index (χ1v) is 15.8. The Kier molecular flexibility index (Phi) is 10.6. The monoisotopic (exact) mass is 616 g/mol. The molecule has 45 heavy (non-hydrogen) atoms. The third-order valence-corrected chi connectivity index (χ3v) is 8.34. The number of allylic oxidation sites excluding steroid dienone is 1. The van der Waals surface area contributed by atoms with E-state index in [2.05, 4.69) is 42.5 Å². The van der Waals surface area contributed by atoms with Gasteiger partial charge in [0.05, 0.1) is 38.3 Å². The highest BCUT2D eigenvalue weighted by Crippen LogP contribution is 2.40. The molecule has 0 bridgehead atoms. The van der Waals surface area contributed by atoms with Crippen molar-refractivity contribution in [1.29, 1.82) is 0 Å². The molecule has 0 spiro atoms. The normalized spacial score (nSPS) is 28.8. The van der Waals surface area contributed by atoms with Crippen molar-refractivity contribution < 1.29 is 37.9 Å². The number of ether oxygens (including phenoxy) is 8. The van der Waals surface area contributed by atoms with Gasteiger partial charge in [-0.15, -0.1) is 0 Å². The standard InChI is InChI=1S/C37H44O8/c1-37(2)44-35-34(38-3)30(43-36(35)45-37)20-19-29-21-31(40-23-27-15-9-5-10-16-27)33(41-24-28-17-11-6-12-18-28)32(42-29)25-39-22-26-13-7-4-8-14-26/h4-18,21,30-36H,19-20,22-25H2,1-3H3/t30-,31+,32-,33-,34+,35-,36-/m1/s1. The molecule has 0 aromatic heterocycles. The molecule has 0 radical (unpaired) electrons. The second-order valence-corrected chi connectivity index (χ2v) is 12.2. The van der Waals surface area contributed by atoms with Gasteiger partial charge >= 0.3 is 0 Å². The van der Waals surface area contributed by atoms with Gasteiger partial charge in [0.1, 0.15) is 24.4 Å². The van der Waals surface area contributed by atoms with Crippen LogP contribution in [-0.4, -0.2) is 62.4 Å². The van der Waals surface area contributed by atoms with Crippen LogP contribution in [0.3, 0.4) is 0 Å². The van der Waals surface area contributed by atoms with Gasteiger partial charge in [-0.05, 0) is 43.0 Å². The summed E-state index contributed by atoms with van der Waals surface area (Å²) in [5.41, 5.74) is 3.28. The van der Waals surface area contributed by atoms with Crippen LogP contribution in [0.5, 0.6) is 0 Å². The summed E-state index contributed by atoms with van der Waals surface area (Å²) < 4.78 is 50.1. The molecule has 3 aromatic carbocycles. The van der Waals surface area contributed by atoms with Crippen molar-refractivity contribution in [3.63, 3.8) is 0 Å². The van der Waals surface area contributed by atoms with E-state index in [0.717, 1.165) is 22.4 Å². The predicted octanol–water partition coefficient (Wildman–Crippen LogP) is 6.33. The highest BCUT2D eigenvalue weighted by molar-refractivity contribution is 5.17. The summed E-state index contributed by atoms with van der Waals surface area (Å²) in [5, 5.41) is 0. The first-order chi connectivity index (χ1) is 22.0. The lowest BCUT2D eigenvalue weighted by Gasteiger charge is -2.37. The van der Waals surface area contributed by atoms with Gasteiger partial charge in [0.15, 0.2) is 18.2 Å². The molecule has 0 unspecified atom stereocenters. The largest absolute Gasteiger partial charge is 0.490 e. The van der Waals surface area contributed by atoms with E-state index < -0.39 is 12.1 Å². The molecule has 3 heterocycles. The zero-order chi connectivity index (χ0) is 31.1. The molecular formula is C37H44O8. The van der Waals surface area contributed by atoms with Gasteiger partial charge in [-0.2, -0.15) is 0 Å². The lowest BCUT2D eigenvalue weighted by atomic mass is 10.00. The van der Waals surface area contributed by atoms with Crippen LogP contribution in [0.15, 0.2) is 103 Å². The molecule has 3 aromatic rings. The van der Waals surface area contributed by atoms with E-state index in [1.807, 2.05) is 68.4 Å². The van der Waals surface area contributed by atoms with Crippen LogP contribution in [0.2, 0.25) is 0 Å². The fraction of sp³-hybridized carbons (Fsp3) is 0.459. The molecule has 8 heteroatoms. The van der Waals surface area contributed by atoms with Crippen molar-refractivity contribution in [3.8, 4) is 0 Å². The van der Waals surface area contributed by atoms with Gasteiger partial charge in [0.25, 0.3) is 0 Å². The lowest BCUT2D eigenvalue weighted by molar-refractivity contribution is -0.217. The van der Waals surface area contributed by atoms with Gasteiger partial charge in [-0.25, -0.2) is 0 Å². The summed E-state index contributed by atoms with van der Waals surface area (Å²) >= 11 is 0. The zero-order valence-corrected chi connectivity index (χ0v) is 26.3. The smallest absolute Gasteiger partial charge is 0.190 e. The molecule has 8 nitrogen and oxygen atoms in total. The number of hydrogen-bond donors (Lipinski definition) is 0. The summed E-state index contributed by atoms with van der Waals surface area (Å²) in [4.78, 5) is 0. The number of rotatable bonds is 14. The Morgan fingerprint density at radius 2 is 1.29 bits per heavy atom. The Morgan fingerprint density at radius 3 is 1.91 bits per heavy atom. The maximum absolute atomic E-state index is 6.64. The SMILES string of the molecule is CO[C@@H]1[C@H]2OC(C)(C)O[C@H]2O[C@@H]1CCC1=C[C@H](OCc2ccccc2)[C@@H](OCc2ccccc2)[C@@H](COCc2ccccc2)O1. The van der Waals surface area contributed by atoms with Gasteiger partial charge < -0.3 is 37.9 Å². The third kappa shape index (κ3) is 8.40. The van der Waals surface area contributed by atoms with Crippen LogP contribution in [-0.2, 0) is 57.7 Å². The van der Waals surface area contributed by atoms with E-state index in [0.29, 0.717) is 39.3 Å². The molecule has 3 aliphatic rings. The Morgan fingerprint density at radius 1 is 0.689 bits per heavy atom. The molecule has 0 amide bonds. The second-order valence-electron chi connectivity index (χ2n) is 12.2. The molecular weight excluding hydrogens is 572 g/mol. The Labute approximate surface area is 266 Å². The molecule has 2 saturated heterocycles. The first kappa shape index (κ1) is 31.9. The maximum Gasteiger partial charge on any atom is 0.190 e. The average molecular weight is 617 g/mol. The molecule has 0 aliphatic carbocycles. The Hall–Kier alpha value is -3.08. The van der Waals surface area contributed by atoms with E-state index in [1.165, 1.54) is 0 Å². The zero-order valence-electron chi connectivity index (χ0n) is 26.3. The van der Waals surface area contributed by atoms with Crippen LogP contribution in [0, 0.1) is 0 Å². The van der Waals surface area contributed by atoms with Crippen molar-refractivity contribution >= 4 is 0 Å². The average Bonchev–Trinajstić information content (AvgIpc) is 3.54. The fourth-order valence-corrected chi connectivity index (χ4v) is 6.16.